The average Bonchev–Trinajstić information content (AvgIpc) is 3.01. The minimum absolute atomic E-state index is 0.373. The van der Waals surface area contributed by atoms with Crippen LogP contribution in [0.4, 0.5) is 0 Å². The molecule has 0 spiro atoms. The third kappa shape index (κ3) is 27.4. The number of aliphatic hydroxyl groups is 4. The number of rotatable bonds is 34. The summed E-state index contributed by atoms with van der Waals surface area (Å²) in [6, 6.07) is -0.976. The molecule has 0 heterocycles. The van der Waals surface area contributed by atoms with Gasteiger partial charge in [-0.1, -0.05) is 187 Å². The summed E-state index contributed by atoms with van der Waals surface area (Å²) in [6.45, 7) is 4.02. The van der Waals surface area contributed by atoms with Crippen molar-refractivity contribution < 1.29 is 25.2 Å². The van der Waals surface area contributed by atoms with Gasteiger partial charge in [-0.3, -0.25) is 4.79 Å². The van der Waals surface area contributed by atoms with Crippen LogP contribution in [0.2, 0.25) is 0 Å². The summed E-state index contributed by atoms with van der Waals surface area (Å²) < 4.78 is 0. The van der Waals surface area contributed by atoms with Gasteiger partial charge in [0.2, 0.25) is 5.91 Å². The molecule has 0 rings (SSSR count). The number of unbranched alkanes of at least 4 members (excludes halogenated alkanes) is 25. The normalized spacial score (nSPS) is 14.5. The minimum Gasteiger partial charge on any atom is -0.394 e. The highest BCUT2D eigenvalue weighted by Gasteiger charge is 2.28. The molecule has 0 aromatic rings. The molecule has 0 saturated carbocycles. The molecule has 6 nitrogen and oxygen atoms in total. The van der Waals surface area contributed by atoms with Crippen LogP contribution in [0.25, 0.3) is 0 Å². The fourth-order valence-corrected chi connectivity index (χ4v) is 5.99. The maximum Gasteiger partial charge on any atom is 0.249 e. The maximum absolute atomic E-state index is 12.4. The van der Waals surface area contributed by atoms with Gasteiger partial charge in [0.1, 0.15) is 12.2 Å². The lowest BCUT2D eigenvalue weighted by Crippen LogP contribution is -2.53. The van der Waals surface area contributed by atoms with E-state index in [1.807, 2.05) is 0 Å². The number of aliphatic hydroxyl groups excluding tert-OH is 4. The molecule has 43 heavy (non-hydrogen) atoms. The molecule has 0 radical (unpaired) electrons. The summed E-state index contributed by atoms with van der Waals surface area (Å²) in [5.41, 5.74) is 0. The van der Waals surface area contributed by atoms with E-state index in [-0.39, 0.29) is 0 Å². The molecule has 0 fully saturated rings. The Morgan fingerprint density at radius 3 is 1.12 bits per heavy atom. The van der Waals surface area contributed by atoms with Gasteiger partial charge in [-0.2, -0.15) is 0 Å². The first-order valence-electron chi connectivity index (χ1n) is 18.9. The lowest BCUT2D eigenvalue weighted by Gasteiger charge is -2.27. The molecule has 5 N–H and O–H groups in total. The van der Waals surface area contributed by atoms with Crippen molar-refractivity contribution in [2.45, 2.75) is 224 Å². The van der Waals surface area contributed by atoms with Gasteiger partial charge in [-0.15, -0.1) is 0 Å². The van der Waals surface area contributed by atoms with Crippen molar-refractivity contribution in [2.24, 2.45) is 0 Å². The minimum atomic E-state index is -1.25. The predicted octanol–water partition coefficient (Wildman–Crippen LogP) is 8.90. The standard InChI is InChI=1S/C37H75NO5/c1-3-5-7-9-11-13-15-16-17-18-19-20-21-23-24-26-28-30-34(40)36(42)33(32-39)38-37(43)35(41)31-29-27-25-22-14-12-10-8-6-4-2/h33-36,39-42H,3-32H2,1-2H3,(H,38,43)/t33-,34+,35?,36-/m0/s1. The smallest absolute Gasteiger partial charge is 0.249 e. The number of carbonyl (C=O) groups is 1. The Kier molecular flexibility index (Phi) is 32.2. The molecule has 4 atom stereocenters. The third-order valence-corrected chi connectivity index (χ3v) is 9.07. The maximum atomic E-state index is 12.4. The zero-order valence-corrected chi connectivity index (χ0v) is 28.7. The van der Waals surface area contributed by atoms with Crippen molar-refractivity contribution in [3.8, 4) is 0 Å². The van der Waals surface area contributed by atoms with E-state index in [1.54, 1.807) is 0 Å². The Labute approximate surface area is 267 Å². The van der Waals surface area contributed by atoms with E-state index in [0.717, 1.165) is 38.5 Å². The Hall–Kier alpha value is -0.690. The molecule has 0 aromatic carbocycles. The lowest BCUT2D eigenvalue weighted by molar-refractivity contribution is -0.132. The molecule has 0 aliphatic heterocycles. The highest BCUT2D eigenvalue weighted by molar-refractivity contribution is 5.80. The van der Waals surface area contributed by atoms with Gasteiger partial charge in [0.15, 0.2) is 0 Å². The molecule has 0 aliphatic rings. The van der Waals surface area contributed by atoms with E-state index in [1.165, 1.54) is 135 Å². The zero-order chi connectivity index (χ0) is 31.8. The number of nitrogens with one attached hydrogen (secondary N) is 1. The first kappa shape index (κ1) is 42.3. The summed E-state index contributed by atoms with van der Waals surface area (Å²) in [5, 5.41) is 43.4. The second kappa shape index (κ2) is 32.7. The van der Waals surface area contributed by atoms with Crippen molar-refractivity contribution in [1.29, 1.82) is 0 Å². The van der Waals surface area contributed by atoms with Gasteiger partial charge in [-0.05, 0) is 12.8 Å². The second-order valence-electron chi connectivity index (χ2n) is 13.3. The topological polar surface area (TPSA) is 110 Å². The molecule has 258 valence electrons. The number of hydrogen-bond donors (Lipinski definition) is 5. The van der Waals surface area contributed by atoms with Crippen LogP contribution in [-0.2, 0) is 4.79 Å². The van der Waals surface area contributed by atoms with E-state index in [4.69, 9.17) is 0 Å². The molecule has 1 amide bonds. The zero-order valence-electron chi connectivity index (χ0n) is 28.7. The van der Waals surface area contributed by atoms with Gasteiger partial charge in [0.05, 0.1) is 18.8 Å². The van der Waals surface area contributed by atoms with Gasteiger partial charge in [0, 0.05) is 0 Å². The van der Waals surface area contributed by atoms with E-state index < -0.39 is 36.9 Å². The second-order valence-corrected chi connectivity index (χ2v) is 13.3. The van der Waals surface area contributed by atoms with Crippen molar-refractivity contribution in [1.82, 2.24) is 5.32 Å². The number of amides is 1. The summed E-state index contributed by atoms with van der Waals surface area (Å²) in [5.74, 6) is -0.584. The SMILES string of the molecule is CCCCCCCCCCCCCCCCCCC[C@@H](O)[C@@H](O)[C@H](CO)NC(=O)C(O)CCCCCCCCCCCC. The van der Waals surface area contributed by atoms with E-state index >= 15 is 0 Å². The van der Waals surface area contributed by atoms with Crippen LogP contribution in [-0.4, -0.2) is 57.3 Å². The van der Waals surface area contributed by atoms with Gasteiger partial charge < -0.3 is 25.7 Å². The molecule has 0 bridgehead atoms. The molecular formula is C37H75NO5. The molecule has 0 aromatic heterocycles. The molecular weight excluding hydrogens is 538 g/mol. The fourth-order valence-electron chi connectivity index (χ4n) is 5.99. The van der Waals surface area contributed by atoms with Gasteiger partial charge >= 0.3 is 0 Å². The van der Waals surface area contributed by atoms with Crippen LogP contribution in [0.5, 0.6) is 0 Å². The van der Waals surface area contributed by atoms with E-state index in [0.29, 0.717) is 12.8 Å². The summed E-state index contributed by atoms with van der Waals surface area (Å²) in [4.78, 5) is 12.4. The molecule has 1 unspecified atom stereocenters. The third-order valence-electron chi connectivity index (χ3n) is 9.07. The van der Waals surface area contributed by atoms with Crippen molar-refractivity contribution in [3.63, 3.8) is 0 Å². The summed E-state index contributed by atoms with van der Waals surface area (Å²) in [6.07, 6.45) is 31.3. The van der Waals surface area contributed by atoms with Crippen LogP contribution in [0.3, 0.4) is 0 Å². The Bertz CT molecular complexity index is 575. The average molecular weight is 614 g/mol. The Morgan fingerprint density at radius 2 is 0.791 bits per heavy atom. The predicted molar refractivity (Wildman–Crippen MR) is 182 cm³/mol. The summed E-state index contributed by atoms with van der Waals surface area (Å²) in [7, 11) is 0. The van der Waals surface area contributed by atoms with Crippen LogP contribution < -0.4 is 5.32 Å². The quantitative estimate of drug-likeness (QED) is 0.0466. The Morgan fingerprint density at radius 1 is 0.488 bits per heavy atom. The molecule has 6 heteroatoms. The highest BCUT2D eigenvalue weighted by atomic mass is 16.3. The van der Waals surface area contributed by atoms with Crippen LogP contribution in [0, 0.1) is 0 Å². The van der Waals surface area contributed by atoms with Crippen LogP contribution in [0.15, 0.2) is 0 Å². The lowest BCUT2D eigenvalue weighted by atomic mass is 9.99. The first-order valence-corrected chi connectivity index (χ1v) is 18.9. The van der Waals surface area contributed by atoms with Gasteiger partial charge in [-0.25, -0.2) is 0 Å². The van der Waals surface area contributed by atoms with Crippen molar-refractivity contribution >= 4 is 5.91 Å². The fraction of sp³-hybridized carbons (Fsp3) is 0.973. The Balaban J connectivity index is 3.75. The molecule has 0 saturated heterocycles. The molecule has 0 aliphatic carbocycles. The van der Waals surface area contributed by atoms with E-state index in [9.17, 15) is 25.2 Å². The monoisotopic (exact) mass is 614 g/mol. The van der Waals surface area contributed by atoms with Gasteiger partial charge in [0.25, 0.3) is 0 Å². The number of carbonyl (C=O) groups excluding carboxylic acids is 1. The van der Waals surface area contributed by atoms with Crippen molar-refractivity contribution in [3.05, 3.63) is 0 Å². The highest BCUT2D eigenvalue weighted by Crippen LogP contribution is 2.16. The van der Waals surface area contributed by atoms with Crippen LogP contribution in [0.1, 0.15) is 200 Å². The number of hydrogen-bond acceptors (Lipinski definition) is 5. The summed E-state index contributed by atoms with van der Waals surface area (Å²) >= 11 is 0. The van der Waals surface area contributed by atoms with Crippen molar-refractivity contribution in [2.75, 3.05) is 6.61 Å². The first-order chi connectivity index (χ1) is 21.0. The van der Waals surface area contributed by atoms with Crippen LogP contribution >= 0.6 is 0 Å². The largest absolute Gasteiger partial charge is 0.394 e. The van der Waals surface area contributed by atoms with E-state index in [2.05, 4.69) is 19.2 Å².